The molecule has 0 aliphatic heterocycles. The van der Waals surface area contributed by atoms with Crippen molar-refractivity contribution in [1.29, 1.82) is 0 Å². The first kappa shape index (κ1) is 10.6. The molecule has 5 heteroatoms. The number of aromatic nitrogens is 3. The van der Waals surface area contributed by atoms with E-state index in [2.05, 4.69) is 9.97 Å². The van der Waals surface area contributed by atoms with E-state index in [0.29, 0.717) is 10.3 Å². The van der Waals surface area contributed by atoms with Crippen LogP contribution in [0.2, 0.25) is 10.3 Å². The summed E-state index contributed by atoms with van der Waals surface area (Å²) in [6.45, 7) is 0. The molecule has 0 amide bonds. The maximum absolute atomic E-state index is 6.13. The van der Waals surface area contributed by atoms with Gasteiger partial charge in [0.1, 0.15) is 5.65 Å². The van der Waals surface area contributed by atoms with E-state index in [4.69, 9.17) is 23.2 Å². The average molecular weight is 264 g/mol. The molecule has 84 valence electrons. The quantitative estimate of drug-likeness (QED) is 0.627. The van der Waals surface area contributed by atoms with E-state index >= 15 is 0 Å². The number of nitrogens with zero attached hydrogens (tertiary/aromatic N) is 3. The highest BCUT2D eigenvalue weighted by atomic mass is 35.5. The summed E-state index contributed by atoms with van der Waals surface area (Å²) in [7, 11) is 0. The van der Waals surface area contributed by atoms with Gasteiger partial charge in [0.2, 0.25) is 5.28 Å². The highest BCUT2D eigenvalue weighted by Crippen LogP contribution is 2.27. The minimum atomic E-state index is 0.370. The Morgan fingerprint density at radius 3 is 2.76 bits per heavy atom. The molecule has 0 bridgehead atoms. The number of benzene rings is 1. The second-order valence-electron chi connectivity index (χ2n) is 3.55. The van der Waals surface area contributed by atoms with Crippen molar-refractivity contribution in [2.75, 3.05) is 0 Å². The van der Waals surface area contributed by atoms with E-state index in [1.807, 2.05) is 30.3 Å². The molecule has 0 radical (unpaired) electrons. The Bertz CT molecular complexity index is 691. The van der Waals surface area contributed by atoms with E-state index in [0.717, 1.165) is 16.9 Å². The second kappa shape index (κ2) is 4.02. The topological polar surface area (TPSA) is 30.2 Å². The van der Waals surface area contributed by atoms with Gasteiger partial charge in [-0.15, -0.1) is 0 Å². The Morgan fingerprint density at radius 1 is 1.12 bits per heavy atom. The van der Waals surface area contributed by atoms with Crippen molar-refractivity contribution in [2.24, 2.45) is 0 Å². The zero-order chi connectivity index (χ0) is 11.8. The van der Waals surface area contributed by atoms with Gasteiger partial charge in [0.15, 0.2) is 0 Å². The van der Waals surface area contributed by atoms with E-state index in [9.17, 15) is 0 Å². The predicted molar refractivity (Wildman–Crippen MR) is 68.4 cm³/mol. The zero-order valence-electron chi connectivity index (χ0n) is 8.64. The summed E-state index contributed by atoms with van der Waals surface area (Å²) in [6.07, 6.45) is 3.44. The van der Waals surface area contributed by atoms with Crippen molar-refractivity contribution in [2.45, 2.75) is 0 Å². The zero-order valence-corrected chi connectivity index (χ0v) is 10.2. The van der Waals surface area contributed by atoms with Crippen LogP contribution in [0.3, 0.4) is 0 Å². The fraction of sp³-hybridized carbons (Fsp3) is 0. The number of halogens is 2. The molecular weight excluding hydrogens is 257 g/mol. The van der Waals surface area contributed by atoms with Crippen LogP contribution < -0.4 is 0 Å². The molecule has 17 heavy (non-hydrogen) atoms. The lowest BCUT2D eigenvalue weighted by Crippen LogP contribution is -1.93. The van der Waals surface area contributed by atoms with E-state index in [-0.39, 0.29) is 0 Å². The summed E-state index contributed by atoms with van der Waals surface area (Å²) in [4.78, 5) is 8.50. The van der Waals surface area contributed by atoms with Crippen LogP contribution in [0.15, 0.2) is 42.7 Å². The maximum atomic E-state index is 6.13. The van der Waals surface area contributed by atoms with Gasteiger partial charge >= 0.3 is 0 Å². The van der Waals surface area contributed by atoms with Crippen LogP contribution in [0.1, 0.15) is 0 Å². The molecule has 3 rings (SSSR count). The molecule has 2 aromatic heterocycles. The van der Waals surface area contributed by atoms with E-state index < -0.39 is 0 Å². The smallest absolute Gasteiger partial charge is 0.209 e. The first-order chi connectivity index (χ1) is 8.25. The fourth-order valence-corrected chi connectivity index (χ4v) is 2.16. The summed E-state index contributed by atoms with van der Waals surface area (Å²) in [5, 5.41) is 1.02. The van der Waals surface area contributed by atoms with Crippen LogP contribution in [0, 0.1) is 0 Å². The Kier molecular flexibility index (Phi) is 2.50. The Hall–Kier alpha value is -1.58. The summed E-state index contributed by atoms with van der Waals surface area (Å²) in [5.74, 6) is 0. The number of fused-ring (bicyclic) bond motifs is 1. The maximum Gasteiger partial charge on any atom is 0.209 e. The van der Waals surface area contributed by atoms with Crippen LogP contribution in [0.25, 0.3) is 16.9 Å². The van der Waals surface area contributed by atoms with Crippen LogP contribution in [0.4, 0.5) is 0 Å². The van der Waals surface area contributed by atoms with Crippen molar-refractivity contribution in [1.82, 2.24) is 14.4 Å². The van der Waals surface area contributed by atoms with Crippen LogP contribution >= 0.6 is 23.2 Å². The molecule has 0 atom stereocenters. The first-order valence-corrected chi connectivity index (χ1v) is 5.76. The molecular formula is C12H7Cl2N3. The molecule has 0 N–H and O–H groups in total. The number of rotatable bonds is 1. The standard InChI is InChI=1S/C12H7Cl2N3/c13-9-4-2-1-3-8(9)10-7-11-15-5-6-17(11)12(14)16-10/h1-7H. The fourth-order valence-electron chi connectivity index (χ4n) is 1.69. The SMILES string of the molecule is Clc1ccccc1-c1cc2nccn2c(Cl)n1. The van der Waals surface area contributed by atoms with Crippen molar-refractivity contribution >= 4 is 28.8 Å². The highest BCUT2D eigenvalue weighted by Gasteiger charge is 2.08. The minimum Gasteiger partial charge on any atom is -0.274 e. The molecule has 3 aromatic rings. The monoisotopic (exact) mass is 263 g/mol. The van der Waals surface area contributed by atoms with Gasteiger partial charge < -0.3 is 0 Å². The van der Waals surface area contributed by atoms with Crippen molar-refractivity contribution < 1.29 is 0 Å². The molecule has 0 saturated heterocycles. The Labute approximate surface area is 108 Å². The number of hydrogen-bond donors (Lipinski definition) is 0. The third-order valence-electron chi connectivity index (χ3n) is 2.50. The highest BCUT2D eigenvalue weighted by molar-refractivity contribution is 6.33. The van der Waals surface area contributed by atoms with E-state index in [1.54, 1.807) is 16.8 Å². The van der Waals surface area contributed by atoms with Gasteiger partial charge in [0.05, 0.1) is 5.69 Å². The average Bonchev–Trinajstić information content (AvgIpc) is 2.78. The summed E-state index contributed by atoms with van der Waals surface area (Å²) < 4.78 is 1.71. The molecule has 0 saturated carbocycles. The Balaban J connectivity index is 2.28. The second-order valence-corrected chi connectivity index (χ2v) is 4.29. The van der Waals surface area contributed by atoms with Crippen molar-refractivity contribution in [3.8, 4) is 11.3 Å². The minimum absolute atomic E-state index is 0.370. The van der Waals surface area contributed by atoms with Crippen LogP contribution in [0.5, 0.6) is 0 Å². The van der Waals surface area contributed by atoms with E-state index in [1.165, 1.54) is 0 Å². The summed E-state index contributed by atoms with van der Waals surface area (Å²) in [6, 6.07) is 9.36. The molecule has 0 spiro atoms. The van der Waals surface area contributed by atoms with Crippen molar-refractivity contribution in [3.05, 3.63) is 53.0 Å². The van der Waals surface area contributed by atoms with Gasteiger partial charge in [0, 0.05) is 29.0 Å². The first-order valence-electron chi connectivity index (χ1n) is 5.00. The van der Waals surface area contributed by atoms with Gasteiger partial charge in [-0.3, -0.25) is 4.40 Å². The molecule has 0 fully saturated rings. The lowest BCUT2D eigenvalue weighted by Gasteiger charge is -2.05. The molecule has 0 unspecified atom stereocenters. The van der Waals surface area contributed by atoms with Gasteiger partial charge in [0.25, 0.3) is 0 Å². The molecule has 0 aliphatic rings. The lowest BCUT2D eigenvalue weighted by atomic mass is 10.1. The van der Waals surface area contributed by atoms with Gasteiger partial charge in [-0.2, -0.15) is 0 Å². The van der Waals surface area contributed by atoms with Gasteiger partial charge in [-0.1, -0.05) is 29.8 Å². The normalized spacial score (nSPS) is 10.9. The van der Waals surface area contributed by atoms with Crippen molar-refractivity contribution in [3.63, 3.8) is 0 Å². The largest absolute Gasteiger partial charge is 0.274 e. The number of hydrogen-bond acceptors (Lipinski definition) is 2. The van der Waals surface area contributed by atoms with Gasteiger partial charge in [-0.25, -0.2) is 9.97 Å². The lowest BCUT2D eigenvalue weighted by molar-refractivity contribution is 1.09. The summed E-state index contributed by atoms with van der Waals surface area (Å²) >= 11 is 12.2. The third-order valence-corrected chi connectivity index (χ3v) is 3.09. The molecule has 1 aromatic carbocycles. The number of imidazole rings is 1. The molecule has 2 heterocycles. The predicted octanol–water partition coefficient (Wildman–Crippen LogP) is 3.70. The van der Waals surface area contributed by atoms with Crippen LogP contribution in [-0.2, 0) is 0 Å². The van der Waals surface area contributed by atoms with Crippen LogP contribution in [-0.4, -0.2) is 14.4 Å². The summed E-state index contributed by atoms with van der Waals surface area (Å²) in [5.41, 5.74) is 2.32. The molecule has 3 nitrogen and oxygen atoms in total. The molecule has 0 aliphatic carbocycles. The van der Waals surface area contributed by atoms with Gasteiger partial charge in [-0.05, 0) is 17.7 Å². The third kappa shape index (κ3) is 1.77. The Morgan fingerprint density at radius 2 is 1.94 bits per heavy atom.